The molecule has 0 fully saturated rings. The smallest absolute Gasteiger partial charge is 0.230 e. The number of benzene rings is 1. The quantitative estimate of drug-likeness (QED) is 0.656. The highest BCUT2D eigenvalue weighted by Crippen LogP contribution is 2.23. The summed E-state index contributed by atoms with van der Waals surface area (Å²) in [4.78, 5) is 17.3. The Morgan fingerprint density at radius 1 is 1.30 bits per heavy atom. The second-order valence-electron chi connectivity index (χ2n) is 4.64. The van der Waals surface area contributed by atoms with Gasteiger partial charge in [-0.25, -0.2) is 4.98 Å². The molecule has 2 heterocycles. The third-order valence-corrected chi connectivity index (χ3v) is 4.93. The first-order valence-corrected chi connectivity index (χ1v) is 9.05. The predicted octanol–water partition coefficient (Wildman–Crippen LogP) is 3.60. The molecule has 0 aliphatic carbocycles. The number of halogens is 1. The van der Waals surface area contributed by atoms with Gasteiger partial charge in [0.1, 0.15) is 0 Å². The average Bonchev–Trinajstić information content (AvgIpc) is 3.23. The van der Waals surface area contributed by atoms with E-state index in [1.807, 2.05) is 29.6 Å². The minimum absolute atomic E-state index is 0.0626. The zero-order valence-corrected chi connectivity index (χ0v) is 14.3. The van der Waals surface area contributed by atoms with Gasteiger partial charge in [-0.05, 0) is 29.1 Å². The van der Waals surface area contributed by atoms with Gasteiger partial charge in [-0.1, -0.05) is 41.6 Å². The number of aromatic nitrogens is 3. The number of carbonyl (C=O) groups is 1. The molecule has 3 aromatic rings. The number of hydrogen-bond donors (Lipinski definition) is 2. The molecule has 1 amide bonds. The number of thiophene rings is 1. The number of carbonyl (C=O) groups excluding carboxylic acids is 1. The molecule has 0 unspecified atom stereocenters. The lowest BCUT2D eigenvalue weighted by atomic mass is 10.2. The summed E-state index contributed by atoms with van der Waals surface area (Å²) in [6, 6.07) is 11.3. The number of nitrogens with zero attached hydrogens (tertiary/aromatic N) is 2. The molecule has 0 aliphatic rings. The van der Waals surface area contributed by atoms with Crippen molar-refractivity contribution in [3.05, 3.63) is 52.4 Å². The zero-order valence-electron chi connectivity index (χ0n) is 12.0. The molecule has 0 bridgehead atoms. The first-order valence-electron chi connectivity index (χ1n) is 6.81. The van der Waals surface area contributed by atoms with Crippen molar-refractivity contribution in [1.29, 1.82) is 0 Å². The maximum absolute atomic E-state index is 11.9. The Kier molecular flexibility index (Phi) is 5.32. The molecule has 0 radical (unpaired) electrons. The fourth-order valence-corrected chi connectivity index (χ4v) is 3.24. The number of amides is 1. The maximum Gasteiger partial charge on any atom is 0.230 e. The molecule has 3 rings (SSSR count). The molecule has 23 heavy (non-hydrogen) atoms. The SMILES string of the molecule is O=C(CSc1n[nH]c(-c2cccs2)n1)NCc1ccc(Cl)cc1. The molecule has 1 aromatic carbocycles. The fraction of sp³-hybridized carbons (Fsp3) is 0.133. The van der Waals surface area contributed by atoms with E-state index in [0.29, 0.717) is 16.7 Å². The van der Waals surface area contributed by atoms with E-state index in [4.69, 9.17) is 11.6 Å². The average molecular weight is 365 g/mol. The van der Waals surface area contributed by atoms with Crippen molar-refractivity contribution in [1.82, 2.24) is 20.5 Å². The van der Waals surface area contributed by atoms with E-state index in [2.05, 4.69) is 20.5 Å². The van der Waals surface area contributed by atoms with Crippen molar-refractivity contribution < 1.29 is 4.79 Å². The highest BCUT2D eigenvalue weighted by Gasteiger charge is 2.09. The number of rotatable bonds is 6. The first kappa shape index (κ1) is 16.0. The highest BCUT2D eigenvalue weighted by atomic mass is 35.5. The molecule has 0 saturated heterocycles. The van der Waals surface area contributed by atoms with Crippen LogP contribution in [-0.4, -0.2) is 26.8 Å². The van der Waals surface area contributed by atoms with Crippen LogP contribution >= 0.6 is 34.7 Å². The van der Waals surface area contributed by atoms with Gasteiger partial charge < -0.3 is 5.32 Å². The molecule has 0 spiro atoms. The summed E-state index contributed by atoms with van der Waals surface area (Å²) in [5.41, 5.74) is 1.01. The van der Waals surface area contributed by atoms with Crippen molar-refractivity contribution in [3.63, 3.8) is 0 Å². The summed E-state index contributed by atoms with van der Waals surface area (Å²) < 4.78 is 0. The summed E-state index contributed by atoms with van der Waals surface area (Å²) in [5, 5.41) is 13.1. The first-order chi connectivity index (χ1) is 11.2. The van der Waals surface area contributed by atoms with Gasteiger partial charge in [0.05, 0.1) is 10.6 Å². The van der Waals surface area contributed by atoms with Gasteiger partial charge in [0.25, 0.3) is 0 Å². The summed E-state index contributed by atoms with van der Waals surface area (Å²) in [5.74, 6) is 0.937. The van der Waals surface area contributed by atoms with Crippen LogP contribution in [0.15, 0.2) is 46.9 Å². The molecule has 2 aromatic heterocycles. The van der Waals surface area contributed by atoms with E-state index in [1.165, 1.54) is 11.8 Å². The lowest BCUT2D eigenvalue weighted by Crippen LogP contribution is -2.24. The predicted molar refractivity (Wildman–Crippen MR) is 93.7 cm³/mol. The third-order valence-electron chi connectivity index (χ3n) is 2.95. The zero-order chi connectivity index (χ0) is 16.1. The van der Waals surface area contributed by atoms with Crippen LogP contribution in [0.3, 0.4) is 0 Å². The largest absolute Gasteiger partial charge is 0.351 e. The second-order valence-corrected chi connectivity index (χ2v) is 6.96. The van der Waals surface area contributed by atoms with Crippen LogP contribution < -0.4 is 5.32 Å². The Balaban J connectivity index is 1.46. The van der Waals surface area contributed by atoms with Gasteiger partial charge in [0.2, 0.25) is 11.1 Å². The van der Waals surface area contributed by atoms with Gasteiger partial charge in [-0.15, -0.1) is 16.4 Å². The van der Waals surface area contributed by atoms with E-state index < -0.39 is 0 Å². The van der Waals surface area contributed by atoms with Gasteiger partial charge in [-0.2, -0.15) is 0 Å². The lowest BCUT2D eigenvalue weighted by molar-refractivity contribution is -0.118. The monoisotopic (exact) mass is 364 g/mol. The topological polar surface area (TPSA) is 70.7 Å². The maximum atomic E-state index is 11.9. The molecule has 0 atom stereocenters. The molecule has 8 heteroatoms. The molecular formula is C15H13ClN4OS2. The minimum atomic E-state index is -0.0626. The molecule has 0 saturated carbocycles. The molecule has 2 N–H and O–H groups in total. The van der Waals surface area contributed by atoms with Gasteiger partial charge in [0, 0.05) is 11.6 Å². The Morgan fingerprint density at radius 3 is 2.87 bits per heavy atom. The van der Waals surface area contributed by atoms with Crippen molar-refractivity contribution in [2.75, 3.05) is 5.75 Å². The Hall–Kier alpha value is -1.83. The summed E-state index contributed by atoms with van der Waals surface area (Å²) >= 11 is 8.72. The fourth-order valence-electron chi connectivity index (χ4n) is 1.82. The number of aromatic amines is 1. The Labute approximate surface area is 146 Å². The molecule has 118 valence electrons. The standard InChI is InChI=1S/C15H13ClN4OS2/c16-11-5-3-10(4-6-11)8-17-13(21)9-23-15-18-14(19-20-15)12-2-1-7-22-12/h1-7H,8-9H2,(H,17,21)(H,18,19,20). The van der Waals surface area contributed by atoms with E-state index in [0.717, 1.165) is 16.3 Å². The molecular weight excluding hydrogens is 352 g/mol. The van der Waals surface area contributed by atoms with Gasteiger partial charge >= 0.3 is 0 Å². The second kappa shape index (κ2) is 7.63. The highest BCUT2D eigenvalue weighted by molar-refractivity contribution is 7.99. The van der Waals surface area contributed by atoms with E-state index in [-0.39, 0.29) is 11.7 Å². The van der Waals surface area contributed by atoms with Crippen LogP contribution in [0, 0.1) is 0 Å². The van der Waals surface area contributed by atoms with Gasteiger partial charge in [-0.3, -0.25) is 9.89 Å². The molecule has 5 nitrogen and oxygen atoms in total. The number of thioether (sulfide) groups is 1. The van der Waals surface area contributed by atoms with Gasteiger partial charge in [0.15, 0.2) is 5.82 Å². The normalized spacial score (nSPS) is 10.7. The van der Waals surface area contributed by atoms with Crippen LogP contribution in [-0.2, 0) is 11.3 Å². The third kappa shape index (κ3) is 4.57. The number of nitrogens with one attached hydrogen (secondary N) is 2. The van der Waals surface area contributed by atoms with Crippen LogP contribution in [0.25, 0.3) is 10.7 Å². The lowest BCUT2D eigenvalue weighted by Gasteiger charge is -2.04. The summed E-state index contributed by atoms with van der Waals surface area (Å²) in [7, 11) is 0. The van der Waals surface area contributed by atoms with Crippen LogP contribution in [0.2, 0.25) is 5.02 Å². The Bertz CT molecular complexity index is 771. The van der Waals surface area contributed by atoms with Crippen LogP contribution in [0.4, 0.5) is 0 Å². The van der Waals surface area contributed by atoms with Crippen molar-refractivity contribution in [2.24, 2.45) is 0 Å². The van der Waals surface area contributed by atoms with Crippen LogP contribution in [0.1, 0.15) is 5.56 Å². The van der Waals surface area contributed by atoms with Crippen molar-refractivity contribution in [2.45, 2.75) is 11.7 Å². The van der Waals surface area contributed by atoms with Crippen LogP contribution in [0.5, 0.6) is 0 Å². The van der Waals surface area contributed by atoms with E-state index >= 15 is 0 Å². The Morgan fingerprint density at radius 2 is 2.13 bits per heavy atom. The van der Waals surface area contributed by atoms with E-state index in [9.17, 15) is 4.79 Å². The van der Waals surface area contributed by atoms with Crippen molar-refractivity contribution >= 4 is 40.6 Å². The summed E-state index contributed by atoms with van der Waals surface area (Å²) in [6.45, 7) is 0.477. The van der Waals surface area contributed by atoms with Crippen molar-refractivity contribution in [3.8, 4) is 10.7 Å². The summed E-state index contributed by atoms with van der Waals surface area (Å²) in [6.07, 6.45) is 0. The number of hydrogen-bond acceptors (Lipinski definition) is 5. The number of H-pyrrole nitrogens is 1. The molecule has 0 aliphatic heterocycles. The van der Waals surface area contributed by atoms with E-state index in [1.54, 1.807) is 23.5 Å². The minimum Gasteiger partial charge on any atom is -0.351 e.